The van der Waals surface area contributed by atoms with Gasteiger partial charge < -0.3 is 19.0 Å². The van der Waals surface area contributed by atoms with E-state index in [1.165, 1.54) is 13.4 Å². The molecule has 1 fully saturated rings. The van der Waals surface area contributed by atoms with E-state index in [0.29, 0.717) is 17.6 Å². The first-order chi connectivity index (χ1) is 16.5. The summed E-state index contributed by atoms with van der Waals surface area (Å²) in [4.78, 5) is 50.8. The summed E-state index contributed by atoms with van der Waals surface area (Å²) in [7, 11) is 1.53. The van der Waals surface area contributed by atoms with Crippen LogP contribution in [0.2, 0.25) is 0 Å². The molecule has 4 aliphatic rings. The Hall–Kier alpha value is -3.00. The van der Waals surface area contributed by atoms with E-state index in [2.05, 4.69) is 13.5 Å². The Morgan fingerprint density at radius 2 is 2.00 bits per heavy atom. The van der Waals surface area contributed by atoms with Gasteiger partial charge in [-0.1, -0.05) is 19.1 Å². The number of rotatable bonds is 7. The van der Waals surface area contributed by atoms with Gasteiger partial charge in [0.1, 0.15) is 23.7 Å². The number of carbonyl (C=O) groups excluding carboxylic acids is 3. The number of carboxylic acids is 1. The van der Waals surface area contributed by atoms with Crippen molar-refractivity contribution in [1.29, 1.82) is 0 Å². The summed E-state index contributed by atoms with van der Waals surface area (Å²) in [5.74, 6) is -2.24. The third kappa shape index (κ3) is 3.22. The average molecular weight is 483 g/mol. The standard InChI is InChI=1S/C27H30O8/c1-13-5-7-17-20-21(14(10-26(13,17)2)9-15(28)6-8-19(29)30)27(3)18(12-33-4)35-25(32)16-11-34-24(22(16)27)23(20)31/h11,14,17-18H,1,5-10,12H2,2-4H3,(H,29,30)/t14-,17+,18-,26-,27-/m1/s1. The molecule has 186 valence electrons. The van der Waals surface area contributed by atoms with Crippen LogP contribution in [0.25, 0.3) is 0 Å². The van der Waals surface area contributed by atoms with Crippen LogP contribution in [0.4, 0.5) is 0 Å². The molecular formula is C27H30O8. The van der Waals surface area contributed by atoms with Crippen LogP contribution < -0.4 is 0 Å². The fourth-order valence-corrected chi connectivity index (χ4v) is 7.17. The minimum atomic E-state index is -1.02. The second-order valence-electron chi connectivity index (χ2n) is 10.7. The summed E-state index contributed by atoms with van der Waals surface area (Å²) < 4.78 is 17.0. The van der Waals surface area contributed by atoms with Crippen molar-refractivity contribution in [2.45, 2.75) is 63.9 Å². The molecule has 1 N–H and O–H groups in total. The lowest BCUT2D eigenvalue weighted by Gasteiger charge is -2.53. The molecule has 3 aliphatic carbocycles. The Bertz CT molecular complexity index is 1200. The van der Waals surface area contributed by atoms with Crippen LogP contribution in [0.5, 0.6) is 0 Å². The van der Waals surface area contributed by atoms with Crippen LogP contribution in [0.3, 0.4) is 0 Å². The highest BCUT2D eigenvalue weighted by molar-refractivity contribution is 6.13. The van der Waals surface area contributed by atoms with Crippen molar-refractivity contribution >= 4 is 23.5 Å². The number of aliphatic carboxylic acids is 1. The maximum absolute atomic E-state index is 14.0. The lowest BCUT2D eigenvalue weighted by molar-refractivity contribution is -0.138. The first-order valence-electron chi connectivity index (χ1n) is 12.1. The van der Waals surface area contributed by atoms with Gasteiger partial charge in [-0.15, -0.1) is 0 Å². The third-order valence-corrected chi connectivity index (χ3v) is 8.87. The van der Waals surface area contributed by atoms with Crippen LogP contribution >= 0.6 is 0 Å². The summed E-state index contributed by atoms with van der Waals surface area (Å²) in [5, 5.41) is 9.06. The molecule has 0 aromatic carbocycles. The summed E-state index contributed by atoms with van der Waals surface area (Å²) >= 11 is 0. The highest BCUT2D eigenvalue weighted by Gasteiger charge is 2.62. The Labute approximate surface area is 203 Å². The molecule has 2 heterocycles. The van der Waals surface area contributed by atoms with Crippen LogP contribution in [0, 0.1) is 17.3 Å². The van der Waals surface area contributed by atoms with Gasteiger partial charge in [-0.05, 0) is 49.0 Å². The summed E-state index contributed by atoms with van der Waals surface area (Å²) in [6, 6.07) is 0. The summed E-state index contributed by atoms with van der Waals surface area (Å²) in [6.45, 7) is 8.48. The van der Waals surface area contributed by atoms with Crippen molar-refractivity contribution in [3.8, 4) is 0 Å². The van der Waals surface area contributed by atoms with E-state index in [-0.39, 0.29) is 66.0 Å². The maximum Gasteiger partial charge on any atom is 0.342 e. The van der Waals surface area contributed by atoms with Gasteiger partial charge in [0, 0.05) is 31.1 Å². The Balaban J connectivity index is 1.71. The number of ether oxygens (including phenoxy) is 2. The van der Waals surface area contributed by atoms with Crippen LogP contribution in [0.15, 0.2) is 34.0 Å². The van der Waals surface area contributed by atoms with E-state index in [1.807, 2.05) is 6.92 Å². The highest BCUT2D eigenvalue weighted by Crippen LogP contribution is 2.64. The van der Waals surface area contributed by atoms with Crippen molar-refractivity contribution in [2.75, 3.05) is 13.7 Å². The minimum Gasteiger partial charge on any atom is -0.481 e. The SMILES string of the molecule is C=C1CC[C@H]2C3=C([C@H](CC(=O)CCC(=O)O)C[C@]12C)[C@]1(C)c2c(coc2C3=O)C(=O)O[C@@H]1COC. The van der Waals surface area contributed by atoms with Crippen molar-refractivity contribution in [3.05, 3.63) is 46.4 Å². The largest absolute Gasteiger partial charge is 0.481 e. The van der Waals surface area contributed by atoms with Gasteiger partial charge in [0.2, 0.25) is 5.78 Å². The van der Waals surface area contributed by atoms with Crippen LogP contribution in [-0.2, 0) is 24.5 Å². The van der Waals surface area contributed by atoms with Crippen molar-refractivity contribution < 1.29 is 38.2 Å². The smallest absolute Gasteiger partial charge is 0.342 e. The van der Waals surface area contributed by atoms with E-state index in [0.717, 1.165) is 24.0 Å². The summed E-state index contributed by atoms with van der Waals surface area (Å²) in [5.41, 5.74) is 1.99. The van der Waals surface area contributed by atoms with Gasteiger partial charge in [0.25, 0.3) is 0 Å². The van der Waals surface area contributed by atoms with E-state index < -0.39 is 23.5 Å². The zero-order chi connectivity index (χ0) is 25.3. The number of hydrogen-bond donors (Lipinski definition) is 1. The lowest BCUT2D eigenvalue weighted by atomic mass is 9.51. The molecule has 1 aromatic rings. The Morgan fingerprint density at radius 1 is 1.26 bits per heavy atom. The first kappa shape index (κ1) is 23.7. The maximum atomic E-state index is 14.0. The molecule has 8 nitrogen and oxygen atoms in total. The number of Topliss-reactive ketones (excluding diaryl/α,β-unsaturated/α-hetero) is 2. The molecule has 1 aliphatic heterocycles. The molecule has 0 saturated heterocycles. The van der Waals surface area contributed by atoms with E-state index in [4.69, 9.17) is 19.0 Å². The normalized spacial score (nSPS) is 33.2. The number of carbonyl (C=O) groups is 4. The molecule has 1 aromatic heterocycles. The quantitative estimate of drug-likeness (QED) is 0.457. The monoisotopic (exact) mass is 482 g/mol. The average Bonchev–Trinajstić information content (AvgIpc) is 3.37. The molecule has 5 atom stereocenters. The van der Waals surface area contributed by atoms with Gasteiger partial charge >= 0.3 is 11.9 Å². The molecule has 0 radical (unpaired) electrons. The number of ketones is 2. The predicted octanol–water partition coefficient (Wildman–Crippen LogP) is 4.03. The molecule has 0 unspecified atom stereocenters. The summed E-state index contributed by atoms with van der Waals surface area (Å²) in [6.07, 6.45) is 2.58. The number of cyclic esters (lactones) is 1. The second kappa shape index (κ2) is 8.01. The van der Waals surface area contributed by atoms with Crippen LogP contribution in [-0.4, -0.2) is 48.4 Å². The van der Waals surface area contributed by atoms with E-state index in [9.17, 15) is 19.2 Å². The second-order valence-corrected chi connectivity index (χ2v) is 10.7. The number of fused-ring (bicyclic) bond motifs is 3. The highest BCUT2D eigenvalue weighted by atomic mass is 16.6. The van der Waals surface area contributed by atoms with Gasteiger partial charge in [-0.3, -0.25) is 14.4 Å². The Morgan fingerprint density at radius 3 is 2.69 bits per heavy atom. The van der Waals surface area contributed by atoms with Gasteiger partial charge in [-0.25, -0.2) is 4.79 Å². The number of esters is 1. The number of allylic oxidation sites excluding steroid dienone is 2. The molecule has 5 rings (SSSR count). The van der Waals surface area contributed by atoms with E-state index >= 15 is 0 Å². The third-order valence-electron chi connectivity index (χ3n) is 8.87. The number of methoxy groups -OCH3 is 1. The molecule has 8 heteroatoms. The number of carboxylic acid groups (broad SMARTS) is 1. The van der Waals surface area contributed by atoms with Gasteiger partial charge in [-0.2, -0.15) is 0 Å². The molecule has 1 saturated carbocycles. The fourth-order valence-electron chi connectivity index (χ4n) is 7.17. The van der Waals surface area contributed by atoms with Crippen LogP contribution in [0.1, 0.15) is 78.8 Å². The molecule has 35 heavy (non-hydrogen) atoms. The van der Waals surface area contributed by atoms with Gasteiger partial charge in [0.05, 0.1) is 18.4 Å². The van der Waals surface area contributed by atoms with Gasteiger partial charge in [0.15, 0.2) is 5.76 Å². The van der Waals surface area contributed by atoms with Crippen molar-refractivity contribution in [1.82, 2.24) is 0 Å². The molecular weight excluding hydrogens is 452 g/mol. The van der Waals surface area contributed by atoms with Crippen molar-refractivity contribution in [3.63, 3.8) is 0 Å². The first-order valence-corrected chi connectivity index (χ1v) is 12.1. The zero-order valence-corrected chi connectivity index (χ0v) is 20.3. The number of hydrogen-bond acceptors (Lipinski definition) is 7. The topological polar surface area (TPSA) is 120 Å². The minimum absolute atomic E-state index is 0.0705. The molecule has 0 bridgehead atoms. The lowest BCUT2D eigenvalue weighted by Crippen LogP contribution is -2.55. The molecule has 0 amide bonds. The molecule has 0 spiro atoms. The van der Waals surface area contributed by atoms with Crippen molar-refractivity contribution in [2.24, 2.45) is 17.3 Å². The Kier molecular flexibility index (Phi) is 5.43. The van der Waals surface area contributed by atoms with E-state index in [1.54, 1.807) is 0 Å². The predicted molar refractivity (Wildman–Crippen MR) is 123 cm³/mol. The number of furan rings is 1. The zero-order valence-electron chi connectivity index (χ0n) is 20.3. The fraction of sp³-hybridized carbons (Fsp3) is 0.556.